The number of hydrogen-bond donors (Lipinski definition) is 2. The predicted molar refractivity (Wildman–Crippen MR) is 69.3 cm³/mol. The summed E-state index contributed by atoms with van der Waals surface area (Å²) in [6.45, 7) is 4.32. The molecule has 0 aliphatic rings. The van der Waals surface area contributed by atoms with Crippen LogP contribution in [0.3, 0.4) is 0 Å². The number of alkyl halides is 1. The Kier molecular flexibility index (Phi) is 3.78. The van der Waals surface area contributed by atoms with Crippen molar-refractivity contribution in [3.63, 3.8) is 0 Å². The standard InChI is InChI=1S/C11H16ClN5/c1-7(2)8(3-4-12)17-11-9-10(14-5-13-9)15-6-16-11/h5-8H,3-4H2,1-2H3,(H2,13,14,15,16,17). The number of imidazole rings is 1. The summed E-state index contributed by atoms with van der Waals surface area (Å²) in [4.78, 5) is 15.5. The molecular weight excluding hydrogens is 238 g/mol. The van der Waals surface area contributed by atoms with Crippen LogP contribution in [-0.2, 0) is 0 Å². The van der Waals surface area contributed by atoms with Gasteiger partial charge in [-0.2, -0.15) is 0 Å². The van der Waals surface area contributed by atoms with Crippen LogP contribution in [0.2, 0.25) is 0 Å². The van der Waals surface area contributed by atoms with E-state index in [2.05, 4.69) is 39.1 Å². The molecule has 6 heteroatoms. The molecule has 0 amide bonds. The Morgan fingerprint density at radius 2 is 2.18 bits per heavy atom. The van der Waals surface area contributed by atoms with Gasteiger partial charge >= 0.3 is 0 Å². The molecule has 0 aliphatic carbocycles. The van der Waals surface area contributed by atoms with Crippen molar-refractivity contribution >= 4 is 28.6 Å². The minimum absolute atomic E-state index is 0.300. The first-order chi connectivity index (χ1) is 8.22. The molecule has 0 aromatic carbocycles. The van der Waals surface area contributed by atoms with E-state index >= 15 is 0 Å². The van der Waals surface area contributed by atoms with Crippen LogP contribution in [0, 0.1) is 5.92 Å². The first-order valence-corrected chi connectivity index (χ1v) is 6.22. The fourth-order valence-corrected chi connectivity index (χ4v) is 1.97. The first-order valence-electron chi connectivity index (χ1n) is 5.69. The summed E-state index contributed by atoms with van der Waals surface area (Å²) in [6.07, 6.45) is 4.04. The third-order valence-electron chi connectivity index (χ3n) is 2.77. The van der Waals surface area contributed by atoms with Crippen LogP contribution in [0.4, 0.5) is 5.82 Å². The average Bonchev–Trinajstić information content (AvgIpc) is 2.77. The average molecular weight is 254 g/mol. The molecule has 1 atom stereocenters. The topological polar surface area (TPSA) is 66.5 Å². The summed E-state index contributed by atoms with van der Waals surface area (Å²) in [5.41, 5.74) is 1.52. The van der Waals surface area contributed by atoms with Crippen molar-refractivity contribution in [2.24, 2.45) is 5.92 Å². The number of aromatic amines is 1. The number of aromatic nitrogens is 4. The minimum Gasteiger partial charge on any atom is -0.365 e. The molecule has 92 valence electrons. The molecule has 0 aliphatic heterocycles. The number of halogens is 1. The number of fused-ring (bicyclic) bond motifs is 1. The summed E-state index contributed by atoms with van der Waals surface area (Å²) >= 11 is 5.81. The number of nitrogens with one attached hydrogen (secondary N) is 2. The zero-order valence-electron chi connectivity index (χ0n) is 9.94. The van der Waals surface area contributed by atoms with Gasteiger partial charge in [0.2, 0.25) is 0 Å². The molecule has 1 unspecified atom stereocenters. The number of rotatable bonds is 5. The fraction of sp³-hybridized carbons (Fsp3) is 0.545. The van der Waals surface area contributed by atoms with Gasteiger partial charge in [0.15, 0.2) is 11.5 Å². The Labute approximate surface area is 105 Å². The monoisotopic (exact) mass is 253 g/mol. The van der Waals surface area contributed by atoms with Gasteiger partial charge in [-0.1, -0.05) is 13.8 Å². The maximum atomic E-state index is 5.81. The van der Waals surface area contributed by atoms with Gasteiger partial charge in [0.1, 0.15) is 11.8 Å². The number of hydrogen-bond acceptors (Lipinski definition) is 4. The van der Waals surface area contributed by atoms with E-state index in [4.69, 9.17) is 11.6 Å². The molecule has 0 radical (unpaired) electrons. The fourth-order valence-electron chi connectivity index (χ4n) is 1.74. The summed E-state index contributed by atoms with van der Waals surface area (Å²) in [5, 5.41) is 3.40. The molecule has 2 N–H and O–H groups in total. The number of nitrogens with zero attached hydrogens (tertiary/aromatic N) is 3. The molecule has 0 spiro atoms. The van der Waals surface area contributed by atoms with Crippen LogP contribution in [0.15, 0.2) is 12.7 Å². The number of anilines is 1. The third-order valence-corrected chi connectivity index (χ3v) is 2.99. The molecule has 0 bridgehead atoms. The van der Waals surface area contributed by atoms with Gasteiger partial charge in [-0.05, 0) is 12.3 Å². The molecule has 2 aromatic rings. The van der Waals surface area contributed by atoms with Crippen molar-refractivity contribution in [1.82, 2.24) is 19.9 Å². The van der Waals surface area contributed by atoms with Crippen LogP contribution in [0.25, 0.3) is 11.2 Å². The van der Waals surface area contributed by atoms with E-state index < -0.39 is 0 Å². The molecule has 2 rings (SSSR count). The summed E-state index contributed by atoms with van der Waals surface area (Å²) < 4.78 is 0. The predicted octanol–water partition coefficient (Wildman–Crippen LogP) is 2.42. The second-order valence-electron chi connectivity index (χ2n) is 4.30. The van der Waals surface area contributed by atoms with E-state index in [-0.39, 0.29) is 0 Å². The quantitative estimate of drug-likeness (QED) is 0.803. The van der Waals surface area contributed by atoms with Crippen molar-refractivity contribution < 1.29 is 0 Å². The Morgan fingerprint density at radius 1 is 1.35 bits per heavy atom. The largest absolute Gasteiger partial charge is 0.365 e. The molecule has 0 saturated carbocycles. The van der Waals surface area contributed by atoms with E-state index in [1.54, 1.807) is 6.33 Å². The van der Waals surface area contributed by atoms with Crippen LogP contribution < -0.4 is 5.32 Å². The Balaban J connectivity index is 2.24. The van der Waals surface area contributed by atoms with Crippen LogP contribution in [0.5, 0.6) is 0 Å². The van der Waals surface area contributed by atoms with Gasteiger partial charge in [-0.15, -0.1) is 11.6 Å². The van der Waals surface area contributed by atoms with Crippen LogP contribution in [0.1, 0.15) is 20.3 Å². The van der Waals surface area contributed by atoms with Gasteiger partial charge in [0.05, 0.1) is 6.33 Å². The second kappa shape index (κ2) is 5.31. The normalized spacial score (nSPS) is 13.2. The number of H-pyrrole nitrogens is 1. The van der Waals surface area contributed by atoms with E-state index in [1.165, 1.54) is 6.33 Å². The van der Waals surface area contributed by atoms with Gasteiger partial charge < -0.3 is 10.3 Å². The van der Waals surface area contributed by atoms with E-state index in [0.29, 0.717) is 23.5 Å². The van der Waals surface area contributed by atoms with Crippen molar-refractivity contribution in [2.45, 2.75) is 26.3 Å². The van der Waals surface area contributed by atoms with Gasteiger partial charge in [-0.3, -0.25) is 0 Å². The zero-order chi connectivity index (χ0) is 12.3. The van der Waals surface area contributed by atoms with Gasteiger partial charge in [0, 0.05) is 11.9 Å². The Hall–Kier alpha value is -1.36. The van der Waals surface area contributed by atoms with Gasteiger partial charge in [0.25, 0.3) is 0 Å². The highest BCUT2D eigenvalue weighted by Gasteiger charge is 2.15. The molecule has 2 aromatic heterocycles. The van der Waals surface area contributed by atoms with Crippen molar-refractivity contribution in [2.75, 3.05) is 11.2 Å². The van der Waals surface area contributed by atoms with Crippen molar-refractivity contribution in [3.05, 3.63) is 12.7 Å². The van der Waals surface area contributed by atoms with E-state index in [9.17, 15) is 0 Å². The lowest BCUT2D eigenvalue weighted by Crippen LogP contribution is -2.26. The highest BCUT2D eigenvalue weighted by Crippen LogP contribution is 2.19. The molecule has 2 heterocycles. The van der Waals surface area contributed by atoms with Gasteiger partial charge in [-0.25, -0.2) is 15.0 Å². The molecule has 0 fully saturated rings. The lowest BCUT2D eigenvalue weighted by atomic mass is 10.0. The maximum absolute atomic E-state index is 5.81. The van der Waals surface area contributed by atoms with E-state index in [1.807, 2.05) is 0 Å². The third kappa shape index (κ3) is 2.66. The molecule has 17 heavy (non-hydrogen) atoms. The SMILES string of the molecule is CC(C)C(CCCl)Nc1ncnc2nc[nH]c12. The lowest BCUT2D eigenvalue weighted by molar-refractivity contribution is 0.512. The first kappa shape index (κ1) is 12.1. The highest BCUT2D eigenvalue weighted by molar-refractivity contribution is 6.17. The maximum Gasteiger partial charge on any atom is 0.182 e. The van der Waals surface area contributed by atoms with Crippen molar-refractivity contribution in [1.29, 1.82) is 0 Å². The molecule has 0 saturated heterocycles. The Morgan fingerprint density at radius 3 is 2.88 bits per heavy atom. The summed E-state index contributed by atoms with van der Waals surface area (Å²) in [5.74, 6) is 1.91. The summed E-state index contributed by atoms with van der Waals surface area (Å²) in [6, 6.07) is 0.300. The second-order valence-corrected chi connectivity index (χ2v) is 4.67. The van der Waals surface area contributed by atoms with E-state index in [0.717, 1.165) is 17.8 Å². The smallest absolute Gasteiger partial charge is 0.182 e. The van der Waals surface area contributed by atoms with Crippen LogP contribution >= 0.6 is 11.6 Å². The molecule has 5 nitrogen and oxygen atoms in total. The van der Waals surface area contributed by atoms with Crippen molar-refractivity contribution in [3.8, 4) is 0 Å². The minimum atomic E-state index is 0.300. The summed E-state index contributed by atoms with van der Waals surface area (Å²) in [7, 11) is 0. The highest BCUT2D eigenvalue weighted by atomic mass is 35.5. The van der Waals surface area contributed by atoms with Crippen LogP contribution in [-0.4, -0.2) is 31.9 Å². The lowest BCUT2D eigenvalue weighted by Gasteiger charge is -2.22. The molecular formula is C11H16ClN5. The Bertz CT molecular complexity index is 481. The zero-order valence-corrected chi connectivity index (χ0v) is 10.7.